The Labute approximate surface area is 178 Å². The Bertz CT molecular complexity index is 1120. The fourth-order valence-electron chi connectivity index (χ4n) is 2.67. The van der Waals surface area contributed by atoms with Crippen LogP contribution in [-0.2, 0) is 19.6 Å². The van der Waals surface area contributed by atoms with Gasteiger partial charge in [-0.05, 0) is 54.6 Å². The Morgan fingerprint density at radius 1 is 1.10 bits per heavy atom. The van der Waals surface area contributed by atoms with Crippen molar-refractivity contribution in [2.45, 2.75) is 18.2 Å². The number of hydrogen-bond acceptors (Lipinski definition) is 6. The van der Waals surface area contributed by atoms with E-state index >= 15 is 0 Å². The lowest BCUT2D eigenvalue weighted by atomic mass is 10.1. The second kappa shape index (κ2) is 8.82. The lowest BCUT2D eigenvalue weighted by Crippen LogP contribution is -2.31. The molecule has 3 amide bonds. The van der Waals surface area contributed by atoms with Gasteiger partial charge in [0.25, 0.3) is 11.1 Å². The van der Waals surface area contributed by atoms with Crippen molar-refractivity contribution in [2.75, 3.05) is 11.9 Å². The quantitative estimate of drug-likeness (QED) is 0.658. The molecule has 3 N–H and O–H groups in total. The Balaban J connectivity index is 1.58. The van der Waals surface area contributed by atoms with Gasteiger partial charge in [-0.1, -0.05) is 29.8 Å². The van der Waals surface area contributed by atoms with E-state index in [1.165, 1.54) is 24.3 Å². The average Bonchev–Trinajstić information content (AvgIpc) is 2.94. The third kappa shape index (κ3) is 5.35. The van der Waals surface area contributed by atoms with Crippen LogP contribution in [0, 0.1) is 6.92 Å². The molecule has 2 aromatic carbocycles. The zero-order valence-electron chi connectivity index (χ0n) is 16.0. The van der Waals surface area contributed by atoms with Crippen molar-refractivity contribution < 1.29 is 22.8 Å². The molecule has 1 saturated heterocycles. The maximum atomic E-state index is 12.5. The van der Waals surface area contributed by atoms with Crippen LogP contribution in [0.1, 0.15) is 17.5 Å². The molecule has 0 spiro atoms. The highest BCUT2D eigenvalue weighted by Gasteiger charge is 2.35. The highest BCUT2D eigenvalue weighted by atomic mass is 32.2. The van der Waals surface area contributed by atoms with Crippen LogP contribution >= 0.6 is 11.8 Å². The number of nitrogens with two attached hydrogens (primary N) is 1. The normalized spacial score (nSPS) is 15.7. The van der Waals surface area contributed by atoms with Gasteiger partial charge in [-0.25, -0.2) is 13.6 Å². The molecular formula is C20H19N3O5S2. The summed E-state index contributed by atoms with van der Waals surface area (Å²) in [5.74, 6) is -0.851. The van der Waals surface area contributed by atoms with Crippen molar-refractivity contribution >= 4 is 50.6 Å². The Morgan fingerprint density at radius 2 is 1.73 bits per heavy atom. The van der Waals surface area contributed by atoms with E-state index in [9.17, 15) is 22.8 Å². The van der Waals surface area contributed by atoms with Gasteiger partial charge in [0.2, 0.25) is 15.9 Å². The lowest BCUT2D eigenvalue weighted by molar-refractivity contribution is -0.123. The van der Waals surface area contributed by atoms with Crippen LogP contribution in [0.2, 0.25) is 0 Å². The summed E-state index contributed by atoms with van der Waals surface area (Å²) in [6, 6.07) is 12.9. The number of amides is 3. The van der Waals surface area contributed by atoms with Gasteiger partial charge in [-0.3, -0.25) is 19.3 Å². The first kappa shape index (κ1) is 21.8. The first-order valence-corrected chi connectivity index (χ1v) is 11.2. The molecule has 1 aliphatic rings. The summed E-state index contributed by atoms with van der Waals surface area (Å²) in [4.78, 5) is 38.1. The summed E-state index contributed by atoms with van der Waals surface area (Å²) in [7, 11) is -3.81. The van der Waals surface area contributed by atoms with E-state index in [-0.39, 0.29) is 17.9 Å². The number of carbonyl (C=O) groups is 3. The number of thioether (sulfide) groups is 1. The fourth-order valence-corrected chi connectivity index (χ4v) is 4.05. The number of carbonyl (C=O) groups excluding carboxylic acids is 3. The number of nitrogens with one attached hydrogen (secondary N) is 1. The van der Waals surface area contributed by atoms with Gasteiger partial charge in [-0.2, -0.15) is 0 Å². The molecular weight excluding hydrogens is 426 g/mol. The molecule has 0 saturated carbocycles. The topological polar surface area (TPSA) is 127 Å². The molecule has 0 aromatic heterocycles. The van der Waals surface area contributed by atoms with Gasteiger partial charge in [0, 0.05) is 18.7 Å². The largest absolute Gasteiger partial charge is 0.326 e. The van der Waals surface area contributed by atoms with Gasteiger partial charge in [0.1, 0.15) is 0 Å². The fraction of sp³-hybridized carbons (Fsp3) is 0.150. The van der Waals surface area contributed by atoms with Crippen LogP contribution in [-0.4, -0.2) is 36.9 Å². The number of aryl methyl sites for hydroxylation is 1. The van der Waals surface area contributed by atoms with Crippen molar-refractivity contribution in [1.29, 1.82) is 0 Å². The molecule has 30 heavy (non-hydrogen) atoms. The van der Waals surface area contributed by atoms with E-state index in [2.05, 4.69) is 5.32 Å². The summed E-state index contributed by atoms with van der Waals surface area (Å²) in [5.41, 5.74) is 2.28. The van der Waals surface area contributed by atoms with E-state index in [4.69, 9.17) is 5.14 Å². The molecule has 0 bridgehead atoms. The highest BCUT2D eigenvalue weighted by molar-refractivity contribution is 8.18. The minimum Gasteiger partial charge on any atom is -0.326 e. The molecule has 1 aliphatic heterocycles. The van der Waals surface area contributed by atoms with Crippen LogP contribution in [0.3, 0.4) is 0 Å². The van der Waals surface area contributed by atoms with Gasteiger partial charge >= 0.3 is 0 Å². The first-order valence-electron chi connectivity index (χ1n) is 8.88. The third-order valence-electron chi connectivity index (χ3n) is 4.28. The number of imide groups is 1. The second-order valence-electron chi connectivity index (χ2n) is 6.61. The van der Waals surface area contributed by atoms with Crippen LogP contribution in [0.25, 0.3) is 6.08 Å². The van der Waals surface area contributed by atoms with Gasteiger partial charge in [-0.15, -0.1) is 0 Å². The molecule has 2 aromatic rings. The summed E-state index contributed by atoms with van der Waals surface area (Å²) in [6.07, 6.45) is 1.56. The standard InChI is InChI=1S/C20H19N3O5S2/c1-13-2-4-14(5-3-13)12-17-19(25)23(20(26)29-17)11-10-18(24)22-15-6-8-16(9-7-15)30(21,27)28/h2-9,12H,10-11H2,1H3,(H,22,24)(H2,21,27,28). The SMILES string of the molecule is Cc1ccc(C=C2SC(=O)N(CCC(=O)Nc3ccc(S(N)(=O)=O)cc3)C2=O)cc1. The summed E-state index contributed by atoms with van der Waals surface area (Å²) in [6.45, 7) is 1.90. The lowest BCUT2D eigenvalue weighted by Gasteiger charge is -2.12. The molecule has 1 fully saturated rings. The van der Waals surface area contributed by atoms with Crippen LogP contribution in [0.15, 0.2) is 58.3 Å². The molecule has 0 radical (unpaired) electrons. The van der Waals surface area contributed by atoms with Gasteiger partial charge in [0.15, 0.2) is 0 Å². The van der Waals surface area contributed by atoms with E-state index in [0.29, 0.717) is 10.6 Å². The molecule has 8 nitrogen and oxygen atoms in total. The molecule has 156 valence electrons. The molecule has 3 rings (SSSR count). The summed E-state index contributed by atoms with van der Waals surface area (Å²) >= 11 is 0.838. The predicted octanol–water partition coefficient (Wildman–Crippen LogP) is 2.71. The minimum absolute atomic E-state index is 0.0585. The number of sulfonamides is 1. The number of benzene rings is 2. The number of rotatable bonds is 6. The maximum absolute atomic E-state index is 12.5. The Hall–Kier alpha value is -2.95. The van der Waals surface area contributed by atoms with Crippen LogP contribution in [0.4, 0.5) is 10.5 Å². The van der Waals surface area contributed by atoms with E-state index in [1.54, 1.807) is 6.08 Å². The zero-order valence-corrected chi connectivity index (χ0v) is 17.6. The van der Waals surface area contributed by atoms with Gasteiger partial charge < -0.3 is 5.32 Å². The first-order chi connectivity index (χ1) is 14.1. The summed E-state index contributed by atoms with van der Waals surface area (Å²) in [5, 5.41) is 7.19. The smallest absolute Gasteiger partial charge is 0.293 e. The van der Waals surface area contributed by atoms with Crippen molar-refractivity contribution in [2.24, 2.45) is 5.14 Å². The third-order valence-corrected chi connectivity index (χ3v) is 6.11. The molecule has 1 heterocycles. The maximum Gasteiger partial charge on any atom is 0.293 e. The summed E-state index contributed by atoms with van der Waals surface area (Å²) < 4.78 is 22.5. The van der Waals surface area contributed by atoms with Crippen molar-refractivity contribution in [3.8, 4) is 0 Å². The van der Waals surface area contributed by atoms with E-state index in [0.717, 1.165) is 27.8 Å². The minimum atomic E-state index is -3.81. The Kier molecular flexibility index (Phi) is 6.40. The molecule has 0 unspecified atom stereocenters. The predicted molar refractivity (Wildman–Crippen MR) is 115 cm³/mol. The van der Waals surface area contributed by atoms with E-state index < -0.39 is 27.1 Å². The van der Waals surface area contributed by atoms with E-state index in [1.807, 2.05) is 31.2 Å². The molecule has 0 atom stereocenters. The molecule has 0 aliphatic carbocycles. The van der Waals surface area contributed by atoms with Crippen molar-refractivity contribution in [3.63, 3.8) is 0 Å². The molecule has 10 heteroatoms. The van der Waals surface area contributed by atoms with Crippen LogP contribution in [0.5, 0.6) is 0 Å². The average molecular weight is 446 g/mol. The van der Waals surface area contributed by atoms with Crippen LogP contribution < -0.4 is 10.5 Å². The second-order valence-corrected chi connectivity index (χ2v) is 9.17. The number of hydrogen-bond donors (Lipinski definition) is 2. The Morgan fingerprint density at radius 3 is 2.33 bits per heavy atom. The monoisotopic (exact) mass is 445 g/mol. The van der Waals surface area contributed by atoms with Crippen molar-refractivity contribution in [3.05, 3.63) is 64.6 Å². The van der Waals surface area contributed by atoms with Crippen molar-refractivity contribution in [1.82, 2.24) is 4.90 Å². The highest BCUT2D eigenvalue weighted by Crippen LogP contribution is 2.32. The van der Waals surface area contributed by atoms with Gasteiger partial charge in [0.05, 0.1) is 9.80 Å². The number of primary sulfonamides is 1. The number of nitrogens with zero attached hydrogens (tertiary/aromatic N) is 1. The zero-order chi connectivity index (χ0) is 21.9. The number of anilines is 1.